The van der Waals surface area contributed by atoms with Crippen LogP contribution in [-0.4, -0.2) is 5.97 Å². The van der Waals surface area contributed by atoms with Crippen LogP contribution in [0.5, 0.6) is 0 Å². The summed E-state index contributed by atoms with van der Waals surface area (Å²) in [5, 5.41) is 0. The summed E-state index contributed by atoms with van der Waals surface area (Å²) in [5.74, 6) is -2.82. The van der Waals surface area contributed by atoms with Crippen LogP contribution in [0.1, 0.15) is 15.9 Å². The summed E-state index contributed by atoms with van der Waals surface area (Å²) < 4.78 is 32.2. The number of hydrogen-bond acceptors (Lipinski definition) is 3. The molecule has 0 aromatic heterocycles. The predicted octanol–water partition coefficient (Wildman–Crippen LogP) is 3.67. The average Bonchev–Trinajstić information content (AvgIpc) is 2.41. The van der Waals surface area contributed by atoms with E-state index in [1.165, 1.54) is 0 Å². The summed E-state index contributed by atoms with van der Waals surface area (Å²) in [5.41, 5.74) is 5.34. The van der Waals surface area contributed by atoms with E-state index < -0.39 is 23.2 Å². The van der Waals surface area contributed by atoms with E-state index >= 15 is 0 Å². The molecule has 0 amide bonds. The zero-order chi connectivity index (χ0) is 14.7. The molecule has 2 N–H and O–H groups in total. The predicted molar refractivity (Wildman–Crippen MR) is 74.0 cm³/mol. The highest BCUT2D eigenvalue weighted by Gasteiger charge is 2.16. The van der Waals surface area contributed by atoms with Crippen LogP contribution in [0.15, 0.2) is 40.9 Å². The van der Waals surface area contributed by atoms with Crippen LogP contribution in [0.3, 0.4) is 0 Å². The maximum Gasteiger partial charge on any atom is 0.341 e. The van der Waals surface area contributed by atoms with Gasteiger partial charge in [0.15, 0.2) is 0 Å². The van der Waals surface area contributed by atoms with Gasteiger partial charge in [-0.2, -0.15) is 0 Å². The number of benzene rings is 2. The second-order valence-electron chi connectivity index (χ2n) is 4.02. The second-order valence-corrected chi connectivity index (χ2v) is 4.88. The molecule has 6 heteroatoms. The van der Waals surface area contributed by atoms with E-state index in [9.17, 15) is 13.6 Å². The molecule has 0 spiro atoms. The van der Waals surface area contributed by atoms with E-state index in [2.05, 4.69) is 15.9 Å². The van der Waals surface area contributed by atoms with Crippen LogP contribution in [0.4, 0.5) is 14.5 Å². The number of esters is 1. The van der Waals surface area contributed by atoms with Crippen molar-refractivity contribution in [1.29, 1.82) is 0 Å². The molecule has 0 bridgehead atoms. The van der Waals surface area contributed by atoms with Crippen LogP contribution in [0.2, 0.25) is 0 Å². The van der Waals surface area contributed by atoms with Gasteiger partial charge in [0.25, 0.3) is 0 Å². The molecule has 0 aliphatic carbocycles. The number of nitrogen functional groups attached to an aromatic ring is 1. The molecule has 2 aromatic carbocycles. The summed E-state index contributed by atoms with van der Waals surface area (Å²) >= 11 is 3.30. The Labute approximate surface area is 122 Å². The molecule has 2 aromatic rings. The largest absolute Gasteiger partial charge is 0.457 e. The van der Waals surface area contributed by atoms with E-state index in [1.54, 1.807) is 18.2 Å². The first-order valence-corrected chi connectivity index (χ1v) is 6.43. The van der Waals surface area contributed by atoms with Crippen molar-refractivity contribution in [2.75, 3.05) is 5.73 Å². The Kier molecular flexibility index (Phi) is 4.34. The molecule has 0 radical (unpaired) electrons. The van der Waals surface area contributed by atoms with Gasteiger partial charge in [-0.25, -0.2) is 13.6 Å². The lowest BCUT2D eigenvalue weighted by molar-refractivity contribution is 0.0466. The van der Waals surface area contributed by atoms with Crippen molar-refractivity contribution in [2.45, 2.75) is 6.61 Å². The molecular formula is C14H10BrF2NO2. The standard InChI is InChI=1S/C14H10BrF2NO2/c15-10-4-2-1-3-8(10)7-20-14(19)9-5-13(18)12(17)6-11(9)16/h1-6H,7,18H2. The number of anilines is 1. The number of nitrogens with two attached hydrogens (primary N) is 1. The van der Waals surface area contributed by atoms with Crippen LogP contribution in [-0.2, 0) is 11.3 Å². The molecule has 3 nitrogen and oxygen atoms in total. The van der Waals surface area contributed by atoms with Gasteiger partial charge in [0.2, 0.25) is 0 Å². The van der Waals surface area contributed by atoms with Crippen LogP contribution in [0, 0.1) is 11.6 Å². The smallest absolute Gasteiger partial charge is 0.341 e. The lowest BCUT2D eigenvalue weighted by Gasteiger charge is -2.08. The maximum absolute atomic E-state index is 13.5. The van der Waals surface area contributed by atoms with Gasteiger partial charge < -0.3 is 10.5 Å². The molecule has 0 atom stereocenters. The number of carbonyl (C=O) groups is 1. The van der Waals surface area contributed by atoms with Crippen LogP contribution < -0.4 is 5.73 Å². The summed E-state index contributed by atoms with van der Waals surface area (Å²) in [6, 6.07) is 8.63. The zero-order valence-corrected chi connectivity index (χ0v) is 11.8. The van der Waals surface area contributed by atoms with E-state index in [-0.39, 0.29) is 12.3 Å². The van der Waals surface area contributed by atoms with Crippen LogP contribution in [0.25, 0.3) is 0 Å². The molecule has 104 valence electrons. The van der Waals surface area contributed by atoms with Gasteiger partial charge in [0.1, 0.15) is 18.2 Å². The molecule has 0 aliphatic rings. The molecule has 20 heavy (non-hydrogen) atoms. The molecule has 0 saturated carbocycles. The number of carbonyl (C=O) groups excluding carboxylic acids is 1. The quantitative estimate of drug-likeness (QED) is 0.684. The maximum atomic E-state index is 13.5. The fraction of sp³-hybridized carbons (Fsp3) is 0.0714. The zero-order valence-electron chi connectivity index (χ0n) is 10.2. The minimum absolute atomic E-state index is 0.0308. The monoisotopic (exact) mass is 341 g/mol. The highest BCUT2D eigenvalue weighted by atomic mass is 79.9. The first-order chi connectivity index (χ1) is 9.49. The Morgan fingerprint density at radius 1 is 1.20 bits per heavy atom. The average molecular weight is 342 g/mol. The van der Waals surface area contributed by atoms with Crippen molar-refractivity contribution in [3.63, 3.8) is 0 Å². The third-order valence-corrected chi connectivity index (χ3v) is 3.40. The third kappa shape index (κ3) is 3.14. The minimum Gasteiger partial charge on any atom is -0.457 e. The van der Waals surface area contributed by atoms with Gasteiger partial charge in [0, 0.05) is 16.1 Å². The highest BCUT2D eigenvalue weighted by molar-refractivity contribution is 9.10. The number of rotatable bonds is 3. The van der Waals surface area contributed by atoms with Crippen molar-refractivity contribution in [1.82, 2.24) is 0 Å². The van der Waals surface area contributed by atoms with Crippen molar-refractivity contribution in [2.24, 2.45) is 0 Å². The first-order valence-electron chi connectivity index (χ1n) is 5.64. The van der Waals surface area contributed by atoms with E-state index in [0.717, 1.165) is 16.1 Å². The second kappa shape index (κ2) is 6.00. The van der Waals surface area contributed by atoms with Gasteiger partial charge >= 0.3 is 5.97 Å². The fourth-order valence-corrected chi connectivity index (χ4v) is 1.96. The van der Waals surface area contributed by atoms with Gasteiger partial charge in [-0.15, -0.1) is 0 Å². The first kappa shape index (κ1) is 14.5. The molecule has 0 unspecified atom stereocenters. The normalized spacial score (nSPS) is 10.3. The van der Waals surface area contributed by atoms with Gasteiger partial charge in [-0.05, 0) is 12.1 Å². The number of ether oxygens (including phenoxy) is 1. The molecule has 0 fully saturated rings. The summed E-state index contributed by atoms with van der Waals surface area (Å²) in [6.45, 7) is -0.0308. The topological polar surface area (TPSA) is 52.3 Å². The lowest BCUT2D eigenvalue weighted by Crippen LogP contribution is -2.09. The fourth-order valence-electron chi connectivity index (χ4n) is 1.56. The summed E-state index contributed by atoms with van der Waals surface area (Å²) in [7, 11) is 0. The lowest BCUT2D eigenvalue weighted by atomic mass is 10.2. The Hall–Kier alpha value is -1.95. The van der Waals surface area contributed by atoms with Gasteiger partial charge in [-0.1, -0.05) is 34.1 Å². The Morgan fingerprint density at radius 3 is 2.60 bits per heavy atom. The van der Waals surface area contributed by atoms with Crippen molar-refractivity contribution >= 4 is 27.6 Å². The highest BCUT2D eigenvalue weighted by Crippen LogP contribution is 2.20. The van der Waals surface area contributed by atoms with E-state index in [4.69, 9.17) is 10.5 Å². The summed E-state index contributed by atoms with van der Waals surface area (Å²) in [4.78, 5) is 11.8. The SMILES string of the molecule is Nc1cc(C(=O)OCc2ccccc2Br)c(F)cc1F. The van der Waals surface area contributed by atoms with Gasteiger partial charge in [-0.3, -0.25) is 0 Å². The Bertz CT molecular complexity index is 662. The number of hydrogen-bond donors (Lipinski definition) is 1. The van der Waals surface area contributed by atoms with Crippen molar-refractivity contribution in [3.05, 3.63) is 63.6 Å². The van der Waals surface area contributed by atoms with E-state index in [0.29, 0.717) is 6.07 Å². The van der Waals surface area contributed by atoms with Crippen molar-refractivity contribution < 1.29 is 18.3 Å². The molecule has 0 saturated heterocycles. The summed E-state index contributed by atoms with van der Waals surface area (Å²) in [6.07, 6.45) is 0. The molecule has 0 heterocycles. The molecule has 2 rings (SSSR count). The van der Waals surface area contributed by atoms with Gasteiger partial charge in [0.05, 0.1) is 11.3 Å². The minimum atomic E-state index is -1.01. The molecular weight excluding hydrogens is 332 g/mol. The third-order valence-electron chi connectivity index (χ3n) is 2.62. The van der Waals surface area contributed by atoms with Crippen molar-refractivity contribution in [3.8, 4) is 0 Å². The van der Waals surface area contributed by atoms with E-state index in [1.807, 2.05) is 6.07 Å². The number of halogens is 3. The molecule has 0 aliphatic heterocycles. The van der Waals surface area contributed by atoms with Crippen LogP contribution >= 0.6 is 15.9 Å². The Morgan fingerprint density at radius 2 is 1.90 bits per heavy atom. The Balaban J connectivity index is 2.13.